The monoisotopic (exact) mass is 399 g/mol. The molecule has 0 unspecified atom stereocenters. The smallest absolute Gasteiger partial charge is 0.191 e. The second kappa shape index (κ2) is 9.67. The number of methoxy groups -OCH3 is 1. The third-order valence-electron chi connectivity index (χ3n) is 5.60. The number of nitrogens with one attached hydrogen (secondary N) is 2. The van der Waals surface area contributed by atoms with Crippen molar-refractivity contribution in [3.63, 3.8) is 0 Å². The van der Waals surface area contributed by atoms with Gasteiger partial charge in [-0.2, -0.15) is 5.10 Å². The summed E-state index contributed by atoms with van der Waals surface area (Å²) < 4.78 is 13.6. The third kappa shape index (κ3) is 5.22. The van der Waals surface area contributed by atoms with Crippen LogP contribution in [0.25, 0.3) is 0 Å². The van der Waals surface area contributed by atoms with E-state index < -0.39 is 0 Å². The lowest BCUT2D eigenvalue weighted by Crippen LogP contribution is -2.36. The molecule has 0 amide bonds. The number of hydrogen-bond acceptors (Lipinski definition) is 4. The van der Waals surface area contributed by atoms with E-state index in [1.807, 2.05) is 24.7 Å². The molecular weight excluding hydrogens is 366 g/mol. The van der Waals surface area contributed by atoms with E-state index in [4.69, 9.17) is 9.47 Å². The van der Waals surface area contributed by atoms with Gasteiger partial charge in [-0.25, -0.2) is 0 Å². The molecule has 7 heteroatoms. The van der Waals surface area contributed by atoms with Crippen LogP contribution in [-0.4, -0.2) is 36.0 Å². The van der Waals surface area contributed by atoms with E-state index in [9.17, 15) is 0 Å². The standard InChI is InChI=1S/C22H33N5O2/c1-15-19(16(2)27(4)26-15)14-25-22(23-3)24-13-17-10-11-20(28-5)21(12-17)29-18-8-6-7-9-18/h10-12,18H,6-9,13-14H2,1-5H3,(H2,23,24,25). The molecule has 1 aromatic heterocycles. The van der Waals surface area contributed by atoms with Gasteiger partial charge in [-0.3, -0.25) is 9.67 Å². The Morgan fingerprint density at radius 3 is 2.52 bits per heavy atom. The number of benzene rings is 1. The van der Waals surface area contributed by atoms with Crippen LogP contribution in [0.15, 0.2) is 23.2 Å². The molecule has 0 bridgehead atoms. The summed E-state index contributed by atoms with van der Waals surface area (Å²) in [5.74, 6) is 2.36. The zero-order valence-electron chi connectivity index (χ0n) is 18.2. The first-order valence-corrected chi connectivity index (χ1v) is 10.3. The van der Waals surface area contributed by atoms with Crippen molar-refractivity contribution in [1.29, 1.82) is 0 Å². The Bertz CT molecular complexity index is 853. The van der Waals surface area contributed by atoms with Crippen LogP contribution in [0.3, 0.4) is 0 Å². The number of aryl methyl sites for hydroxylation is 2. The van der Waals surface area contributed by atoms with E-state index in [-0.39, 0.29) is 0 Å². The molecule has 2 N–H and O–H groups in total. The highest BCUT2D eigenvalue weighted by Gasteiger charge is 2.18. The van der Waals surface area contributed by atoms with Gasteiger partial charge in [0.25, 0.3) is 0 Å². The fraction of sp³-hybridized carbons (Fsp3) is 0.545. The normalized spacial score (nSPS) is 14.9. The van der Waals surface area contributed by atoms with Crippen molar-refractivity contribution in [2.75, 3.05) is 14.2 Å². The number of aliphatic imine (C=N–C) groups is 1. The first-order chi connectivity index (χ1) is 14.0. The van der Waals surface area contributed by atoms with Crippen molar-refractivity contribution in [3.05, 3.63) is 40.7 Å². The average Bonchev–Trinajstić information content (AvgIpc) is 3.31. The molecule has 2 aromatic rings. The number of nitrogens with zero attached hydrogens (tertiary/aromatic N) is 3. The molecule has 0 aliphatic heterocycles. The van der Waals surface area contributed by atoms with Crippen LogP contribution in [-0.2, 0) is 20.1 Å². The van der Waals surface area contributed by atoms with E-state index in [1.54, 1.807) is 14.2 Å². The second-order valence-corrected chi connectivity index (χ2v) is 7.56. The summed E-state index contributed by atoms with van der Waals surface area (Å²) in [6, 6.07) is 6.09. The van der Waals surface area contributed by atoms with Crippen molar-refractivity contribution in [2.24, 2.45) is 12.0 Å². The Labute approximate surface area is 173 Å². The molecule has 1 aromatic carbocycles. The van der Waals surface area contributed by atoms with Crippen molar-refractivity contribution >= 4 is 5.96 Å². The molecule has 7 nitrogen and oxygen atoms in total. The fourth-order valence-corrected chi connectivity index (χ4v) is 3.76. The molecule has 1 fully saturated rings. The Kier molecular flexibility index (Phi) is 7.01. The number of hydrogen-bond donors (Lipinski definition) is 2. The zero-order chi connectivity index (χ0) is 20.8. The predicted molar refractivity (Wildman–Crippen MR) is 116 cm³/mol. The highest BCUT2D eigenvalue weighted by Crippen LogP contribution is 2.32. The van der Waals surface area contributed by atoms with Gasteiger partial charge < -0.3 is 20.1 Å². The maximum atomic E-state index is 6.20. The van der Waals surface area contributed by atoms with E-state index in [0.29, 0.717) is 19.2 Å². The highest BCUT2D eigenvalue weighted by molar-refractivity contribution is 5.79. The van der Waals surface area contributed by atoms with E-state index in [2.05, 4.69) is 39.8 Å². The topological polar surface area (TPSA) is 72.7 Å². The van der Waals surface area contributed by atoms with Gasteiger partial charge in [-0.15, -0.1) is 0 Å². The third-order valence-corrected chi connectivity index (χ3v) is 5.60. The van der Waals surface area contributed by atoms with Crippen LogP contribution < -0.4 is 20.1 Å². The summed E-state index contributed by atoms with van der Waals surface area (Å²) in [5.41, 5.74) is 4.52. The van der Waals surface area contributed by atoms with Gasteiger partial charge in [0.05, 0.1) is 18.9 Å². The minimum Gasteiger partial charge on any atom is -0.493 e. The van der Waals surface area contributed by atoms with Gasteiger partial charge >= 0.3 is 0 Å². The van der Waals surface area contributed by atoms with Crippen LogP contribution >= 0.6 is 0 Å². The van der Waals surface area contributed by atoms with E-state index in [1.165, 1.54) is 18.4 Å². The van der Waals surface area contributed by atoms with E-state index in [0.717, 1.165) is 47.3 Å². The van der Waals surface area contributed by atoms with Crippen molar-refractivity contribution in [2.45, 2.75) is 58.7 Å². The van der Waals surface area contributed by atoms with Gasteiger partial charge in [-0.05, 0) is 57.2 Å². The molecule has 1 saturated carbocycles. The number of ether oxygens (including phenoxy) is 2. The minimum atomic E-state index is 0.299. The summed E-state index contributed by atoms with van der Waals surface area (Å²) in [6.45, 7) is 5.44. The molecule has 1 aliphatic carbocycles. The molecule has 0 spiro atoms. The molecule has 0 atom stereocenters. The highest BCUT2D eigenvalue weighted by atomic mass is 16.5. The Balaban J connectivity index is 1.60. The van der Waals surface area contributed by atoms with Crippen molar-refractivity contribution < 1.29 is 9.47 Å². The first-order valence-electron chi connectivity index (χ1n) is 10.3. The molecule has 0 radical (unpaired) electrons. The Hall–Kier alpha value is -2.70. The second-order valence-electron chi connectivity index (χ2n) is 7.56. The van der Waals surface area contributed by atoms with Gasteiger partial charge in [0.1, 0.15) is 0 Å². The summed E-state index contributed by atoms with van der Waals surface area (Å²) >= 11 is 0. The number of guanidine groups is 1. The van der Waals surface area contributed by atoms with Crippen LogP contribution in [0, 0.1) is 13.8 Å². The average molecular weight is 400 g/mol. The summed E-state index contributed by atoms with van der Waals surface area (Å²) in [7, 11) is 5.43. The van der Waals surface area contributed by atoms with Crippen LogP contribution in [0.5, 0.6) is 11.5 Å². The Morgan fingerprint density at radius 1 is 1.17 bits per heavy atom. The lowest BCUT2D eigenvalue weighted by atomic mass is 10.2. The SMILES string of the molecule is CN=C(NCc1ccc(OC)c(OC2CCCC2)c1)NCc1c(C)nn(C)c1C. The zero-order valence-corrected chi connectivity index (χ0v) is 18.2. The predicted octanol–water partition coefficient (Wildman–Crippen LogP) is 3.23. The molecule has 1 aliphatic rings. The maximum absolute atomic E-state index is 6.20. The van der Waals surface area contributed by atoms with Crippen LogP contribution in [0.4, 0.5) is 0 Å². The molecule has 3 rings (SSSR count). The molecule has 29 heavy (non-hydrogen) atoms. The van der Waals surface area contributed by atoms with Crippen LogP contribution in [0.2, 0.25) is 0 Å². The maximum Gasteiger partial charge on any atom is 0.191 e. The van der Waals surface area contributed by atoms with Gasteiger partial charge in [0, 0.05) is 38.4 Å². The molecule has 158 valence electrons. The lowest BCUT2D eigenvalue weighted by molar-refractivity contribution is 0.200. The van der Waals surface area contributed by atoms with Gasteiger partial charge in [0.2, 0.25) is 0 Å². The van der Waals surface area contributed by atoms with Crippen LogP contribution in [0.1, 0.15) is 48.2 Å². The van der Waals surface area contributed by atoms with Gasteiger partial charge in [0.15, 0.2) is 17.5 Å². The number of rotatable bonds is 7. The molecular formula is C22H33N5O2. The van der Waals surface area contributed by atoms with E-state index >= 15 is 0 Å². The Morgan fingerprint density at radius 2 is 1.90 bits per heavy atom. The fourth-order valence-electron chi connectivity index (χ4n) is 3.76. The quantitative estimate of drug-likeness (QED) is 0.552. The summed E-state index contributed by atoms with van der Waals surface area (Å²) in [6.07, 6.45) is 5.02. The van der Waals surface area contributed by atoms with Crippen molar-refractivity contribution in [3.8, 4) is 11.5 Å². The molecule has 0 saturated heterocycles. The number of aromatic nitrogens is 2. The van der Waals surface area contributed by atoms with Gasteiger partial charge in [-0.1, -0.05) is 6.07 Å². The largest absolute Gasteiger partial charge is 0.493 e. The summed E-state index contributed by atoms with van der Waals surface area (Å²) in [4.78, 5) is 4.33. The van der Waals surface area contributed by atoms with Crippen molar-refractivity contribution in [1.82, 2.24) is 20.4 Å². The minimum absolute atomic E-state index is 0.299. The molecule has 1 heterocycles. The lowest BCUT2D eigenvalue weighted by Gasteiger charge is -2.17. The summed E-state index contributed by atoms with van der Waals surface area (Å²) in [5, 5.41) is 11.2. The first kappa shape index (κ1) is 21.0.